The van der Waals surface area contributed by atoms with E-state index in [9.17, 15) is 9.90 Å². The zero-order valence-electron chi connectivity index (χ0n) is 15.0. The summed E-state index contributed by atoms with van der Waals surface area (Å²) in [4.78, 5) is 21.6. The molecule has 4 rings (SSSR count). The summed E-state index contributed by atoms with van der Waals surface area (Å²) in [5.41, 5.74) is 5.76. The van der Waals surface area contributed by atoms with E-state index in [0.717, 1.165) is 38.9 Å². The standard InChI is InChI=1S/C20H19Cl2N3O2/c1-10-5-12(8-23-7-10)13-6-14(21)19(22)20-18(13)17-11(2)25(16(27)9-26)4-3-15(17)24-20/h5-8,11,24,26H,3-4,9H2,1-2H3/t11-/m0/s1. The third-order valence-corrected chi connectivity index (χ3v) is 6.01. The van der Waals surface area contributed by atoms with Crippen molar-refractivity contribution in [3.63, 3.8) is 0 Å². The first-order valence-electron chi connectivity index (χ1n) is 8.77. The Morgan fingerprint density at radius 2 is 2.15 bits per heavy atom. The number of aromatic amines is 1. The Bertz CT molecular complexity index is 1060. The number of aliphatic hydroxyl groups excluding tert-OH is 1. The highest BCUT2D eigenvalue weighted by Gasteiger charge is 2.32. The molecule has 2 N–H and O–H groups in total. The van der Waals surface area contributed by atoms with Gasteiger partial charge in [-0.2, -0.15) is 0 Å². The molecule has 1 aliphatic rings. The van der Waals surface area contributed by atoms with Gasteiger partial charge in [0.25, 0.3) is 0 Å². The van der Waals surface area contributed by atoms with Gasteiger partial charge in [-0.25, -0.2) is 0 Å². The number of rotatable bonds is 2. The zero-order valence-corrected chi connectivity index (χ0v) is 16.5. The minimum Gasteiger partial charge on any atom is -0.387 e. The zero-order chi connectivity index (χ0) is 19.3. The monoisotopic (exact) mass is 403 g/mol. The molecule has 0 aliphatic carbocycles. The topological polar surface area (TPSA) is 69.2 Å². The SMILES string of the molecule is Cc1cncc(-c2cc(Cl)c(Cl)c3[nH]c4c(c23)[C@H](C)N(C(=O)CO)CC4)c1. The lowest BCUT2D eigenvalue weighted by atomic mass is 9.92. The first-order valence-corrected chi connectivity index (χ1v) is 9.52. The fourth-order valence-electron chi connectivity index (χ4n) is 3.99. The molecule has 0 saturated heterocycles. The number of hydrogen-bond acceptors (Lipinski definition) is 3. The number of fused-ring (bicyclic) bond motifs is 3. The molecule has 0 spiro atoms. The second-order valence-corrected chi connectivity index (χ2v) is 7.69. The van der Waals surface area contributed by atoms with Gasteiger partial charge in [0.2, 0.25) is 5.91 Å². The number of carbonyl (C=O) groups is 1. The summed E-state index contributed by atoms with van der Waals surface area (Å²) in [5, 5.41) is 11.2. The fraction of sp³-hybridized carbons (Fsp3) is 0.300. The summed E-state index contributed by atoms with van der Waals surface area (Å²) >= 11 is 12.9. The molecule has 0 bridgehead atoms. The number of nitrogens with zero attached hydrogens (tertiary/aromatic N) is 2. The summed E-state index contributed by atoms with van der Waals surface area (Å²) in [6.07, 6.45) is 4.27. The molecule has 140 valence electrons. The van der Waals surface area contributed by atoms with Gasteiger partial charge in [-0.15, -0.1) is 0 Å². The average Bonchev–Trinajstić information content (AvgIpc) is 3.05. The van der Waals surface area contributed by atoms with Crippen molar-refractivity contribution in [3.05, 3.63) is 51.4 Å². The molecule has 7 heteroatoms. The number of hydrogen-bond donors (Lipinski definition) is 2. The van der Waals surface area contributed by atoms with Crippen LogP contribution in [0, 0.1) is 6.92 Å². The summed E-state index contributed by atoms with van der Waals surface area (Å²) in [7, 11) is 0. The summed E-state index contributed by atoms with van der Waals surface area (Å²) in [6, 6.07) is 3.72. The molecule has 27 heavy (non-hydrogen) atoms. The van der Waals surface area contributed by atoms with Gasteiger partial charge in [-0.05, 0) is 37.1 Å². The molecule has 1 aromatic carbocycles. The molecule has 1 atom stereocenters. The molecule has 5 nitrogen and oxygen atoms in total. The third-order valence-electron chi connectivity index (χ3n) is 5.22. The van der Waals surface area contributed by atoms with E-state index in [4.69, 9.17) is 23.2 Å². The number of aromatic nitrogens is 2. The number of aliphatic hydroxyl groups is 1. The smallest absolute Gasteiger partial charge is 0.248 e. The Morgan fingerprint density at radius 1 is 1.37 bits per heavy atom. The van der Waals surface area contributed by atoms with Crippen LogP contribution in [0.15, 0.2) is 24.5 Å². The van der Waals surface area contributed by atoms with Crippen LogP contribution in [0.25, 0.3) is 22.0 Å². The molecule has 0 unspecified atom stereocenters. The predicted octanol–water partition coefficient (Wildman–Crippen LogP) is 4.28. The van der Waals surface area contributed by atoms with Crippen molar-refractivity contribution in [1.29, 1.82) is 0 Å². The Balaban J connectivity index is 2.02. The van der Waals surface area contributed by atoms with E-state index in [2.05, 4.69) is 16.0 Å². The Kier molecular flexibility index (Phi) is 4.62. The maximum atomic E-state index is 12.2. The molecule has 0 saturated carbocycles. The molecule has 0 radical (unpaired) electrons. The number of carbonyl (C=O) groups excluding carboxylic acids is 1. The lowest BCUT2D eigenvalue weighted by Gasteiger charge is -2.33. The van der Waals surface area contributed by atoms with E-state index in [1.165, 1.54) is 0 Å². The van der Waals surface area contributed by atoms with Crippen molar-refractivity contribution in [2.45, 2.75) is 26.3 Å². The van der Waals surface area contributed by atoms with Crippen LogP contribution >= 0.6 is 23.2 Å². The maximum Gasteiger partial charge on any atom is 0.248 e. The highest BCUT2D eigenvalue weighted by Crippen LogP contribution is 2.45. The van der Waals surface area contributed by atoms with Gasteiger partial charge in [0, 0.05) is 47.6 Å². The number of halogens is 2. The van der Waals surface area contributed by atoms with Crippen molar-refractivity contribution in [2.24, 2.45) is 0 Å². The quantitative estimate of drug-likeness (QED) is 0.670. The summed E-state index contributed by atoms with van der Waals surface area (Å²) in [6.45, 7) is 4.01. The van der Waals surface area contributed by atoms with E-state index in [1.807, 2.05) is 19.9 Å². The Labute approximate surface area is 166 Å². The van der Waals surface area contributed by atoms with E-state index >= 15 is 0 Å². The van der Waals surface area contributed by atoms with Gasteiger partial charge < -0.3 is 15.0 Å². The minimum absolute atomic E-state index is 0.184. The highest BCUT2D eigenvalue weighted by atomic mass is 35.5. The van der Waals surface area contributed by atoms with E-state index < -0.39 is 6.61 Å². The molecular formula is C20H19Cl2N3O2. The van der Waals surface area contributed by atoms with Crippen molar-refractivity contribution in [3.8, 4) is 11.1 Å². The lowest BCUT2D eigenvalue weighted by molar-refractivity contribution is -0.136. The van der Waals surface area contributed by atoms with E-state index in [1.54, 1.807) is 17.3 Å². The third kappa shape index (κ3) is 2.90. The first-order chi connectivity index (χ1) is 12.9. The predicted molar refractivity (Wildman–Crippen MR) is 107 cm³/mol. The Hall–Kier alpha value is -2.08. The molecule has 1 amide bonds. The molecule has 3 heterocycles. The number of pyridine rings is 1. The van der Waals surface area contributed by atoms with Gasteiger partial charge in [0.15, 0.2) is 0 Å². The maximum absolute atomic E-state index is 12.2. The molecule has 3 aromatic rings. The van der Waals surface area contributed by atoms with Gasteiger partial charge in [0.05, 0.1) is 21.6 Å². The Morgan fingerprint density at radius 3 is 2.85 bits per heavy atom. The van der Waals surface area contributed by atoms with Gasteiger partial charge >= 0.3 is 0 Å². The van der Waals surface area contributed by atoms with Crippen molar-refractivity contribution < 1.29 is 9.90 Å². The van der Waals surface area contributed by atoms with Gasteiger partial charge in [-0.3, -0.25) is 9.78 Å². The van der Waals surface area contributed by atoms with Crippen molar-refractivity contribution in [2.75, 3.05) is 13.2 Å². The van der Waals surface area contributed by atoms with Crippen molar-refractivity contribution >= 4 is 40.0 Å². The van der Waals surface area contributed by atoms with Crippen LogP contribution in [0.5, 0.6) is 0 Å². The summed E-state index contributed by atoms with van der Waals surface area (Å²) in [5.74, 6) is -0.277. The number of benzene rings is 1. The lowest BCUT2D eigenvalue weighted by Crippen LogP contribution is -2.40. The van der Waals surface area contributed by atoms with Crippen LogP contribution in [0.3, 0.4) is 0 Å². The largest absolute Gasteiger partial charge is 0.387 e. The normalized spacial score (nSPS) is 16.6. The van der Waals surface area contributed by atoms with Gasteiger partial charge in [-0.1, -0.05) is 23.2 Å². The number of nitrogens with one attached hydrogen (secondary N) is 1. The fourth-order valence-corrected chi connectivity index (χ4v) is 4.39. The van der Waals surface area contributed by atoms with Crippen molar-refractivity contribution in [1.82, 2.24) is 14.9 Å². The second kappa shape index (κ2) is 6.82. The second-order valence-electron chi connectivity index (χ2n) is 6.91. The first kappa shape index (κ1) is 18.3. The van der Waals surface area contributed by atoms with E-state index in [0.29, 0.717) is 23.0 Å². The summed E-state index contributed by atoms with van der Waals surface area (Å²) < 4.78 is 0. The molecule has 2 aromatic heterocycles. The average molecular weight is 404 g/mol. The van der Waals surface area contributed by atoms with Crippen LogP contribution < -0.4 is 0 Å². The minimum atomic E-state index is -0.497. The van der Waals surface area contributed by atoms with Crippen LogP contribution in [0.4, 0.5) is 0 Å². The van der Waals surface area contributed by atoms with Crippen LogP contribution in [0.2, 0.25) is 10.0 Å². The number of H-pyrrole nitrogens is 1. The van der Waals surface area contributed by atoms with Gasteiger partial charge in [0.1, 0.15) is 6.61 Å². The number of aryl methyl sites for hydroxylation is 1. The van der Waals surface area contributed by atoms with Crippen LogP contribution in [0.1, 0.15) is 29.8 Å². The molecular weight excluding hydrogens is 385 g/mol. The van der Waals surface area contributed by atoms with Crippen LogP contribution in [-0.4, -0.2) is 39.0 Å². The number of amides is 1. The molecule has 0 fully saturated rings. The van der Waals surface area contributed by atoms with E-state index in [-0.39, 0.29) is 11.9 Å². The van der Waals surface area contributed by atoms with Crippen LogP contribution in [-0.2, 0) is 11.2 Å². The molecule has 1 aliphatic heterocycles. The highest BCUT2D eigenvalue weighted by molar-refractivity contribution is 6.45.